The second kappa shape index (κ2) is 8.75. The number of anilines is 2. The number of rotatable bonds is 5. The Labute approximate surface area is 206 Å². The number of carbonyl (C=O) groups is 2. The molecule has 1 aromatic heterocycles. The Morgan fingerprint density at radius 3 is 2.58 bits per heavy atom. The summed E-state index contributed by atoms with van der Waals surface area (Å²) in [5, 5.41) is 16.3. The standard InChI is InChI=1S/C26H23F2N5O3/c1-15-14-32-23(21(13-30-32)31-24(34)17-5-8-22(36-2)18(9-17)12-29)25(35)33(15)20-6-3-16(4-7-20)19-10-26(27,28)11-19/h3-9,13,15,19H,10-11,14H2,1-2H3,(H,31,34)/t15-/m0/s1. The second-order valence-electron chi connectivity index (χ2n) is 9.15. The molecule has 1 aliphatic heterocycles. The molecule has 1 saturated carbocycles. The smallest absolute Gasteiger partial charge is 0.279 e. The lowest BCUT2D eigenvalue weighted by atomic mass is 9.77. The van der Waals surface area contributed by atoms with Crippen LogP contribution in [0.5, 0.6) is 5.75 Å². The summed E-state index contributed by atoms with van der Waals surface area (Å²) in [7, 11) is 1.44. The zero-order chi connectivity index (χ0) is 25.6. The first-order valence-electron chi connectivity index (χ1n) is 11.5. The first kappa shape index (κ1) is 23.5. The number of amides is 2. The topological polar surface area (TPSA) is 100 Å². The Kier molecular flexibility index (Phi) is 5.71. The minimum atomic E-state index is -2.60. The molecule has 184 valence electrons. The quantitative estimate of drug-likeness (QED) is 0.563. The Bertz CT molecular complexity index is 1390. The highest BCUT2D eigenvalue weighted by atomic mass is 19.3. The fourth-order valence-corrected chi connectivity index (χ4v) is 4.79. The normalized spacial score (nSPS) is 18.7. The molecule has 0 radical (unpaired) electrons. The van der Waals surface area contributed by atoms with Gasteiger partial charge in [0.2, 0.25) is 5.92 Å². The fraction of sp³-hybridized carbons (Fsp3) is 0.308. The highest BCUT2D eigenvalue weighted by Crippen LogP contribution is 2.48. The molecule has 2 amide bonds. The van der Waals surface area contributed by atoms with Crippen LogP contribution in [0.2, 0.25) is 0 Å². The van der Waals surface area contributed by atoms with Crippen molar-refractivity contribution in [3.63, 3.8) is 0 Å². The van der Waals surface area contributed by atoms with E-state index >= 15 is 0 Å². The largest absolute Gasteiger partial charge is 0.495 e. The molecule has 1 aliphatic carbocycles. The van der Waals surface area contributed by atoms with E-state index in [1.165, 1.54) is 31.5 Å². The number of carbonyl (C=O) groups excluding carboxylic acids is 2. The van der Waals surface area contributed by atoms with E-state index in [0.29, 0.717) is 18.0 Å². The van der Waals surface area contributed by atoms with E-state index in [2.05, 4.69) is 10.4 Å². The zero-order valence-electron chi connectivity index (χ0n) is 19.7. The Balaban J connectivity index is 1.37. The summed E-state index contributed by atoms with van der Waals surface area (Å²) in [6, 6.07) is 13.4. The number of hydrogen-bond donors (Lipinski definition) is 1. The van der Waals surface area contributed by atoms with Gasteiger partial charge in [0.05, 0.1) is 37.1 Å². The number of methoxy groups -OCH3 is 1. The summed E-state index contributed by atoms with van der Waals surface area (Å²) in [4.78, 5) is 28.0. The second-order valence-corrected chi connectivity index (χ2v) is 9.15. The summed E-state index contributed by atoms with van der Waals surface area (Å²) in [5.74, 6) is -3.25. The molecule has 0 unspecified atom stereocenters. The lowest BCUT2D eigenvalue weighted by Gasteiger charge is -2.36. The van der Waals surface area contributed by atoms with Crippen LogP contribution >= 0.6 is 0 Å². The van der Waals surface area contributed by atoms with Gasteiger partial charge >= 0.3 is 0 Å². The summed E-state index contributed by atoms with van der Waals surface area (Å²) in [5.41, 5.74) is 2.41. The summed E-state index contributed by atoms with van der Waals surface area (Å²) in [6.45, 7) is 2.30. The van der Waals surface area contributed by atoms with Gasteiger partial charge < -0.3 is 15.0 Å². The molecular weight excluding hydrogens is 468 g/mol. The predicted molar refractivity (Wildman–Crippen MR) is 128 cm³/mol. The molecular formula is C26H23F2N5O3. The van der Waals surface area contributed by atoms with E-state index in [1.807, 2.05) is 13.0 Å². The fourth-order valence-electron chi connectivity index (χ4n) is 4.79. The SMILES string of the molecule is COc1ccc(C(=O)Nc2cnn3c2C(=O)N(c2ccc(C4CC(F)(F)C4)cc2)[C@@H](C)C3)cc1C#N. The van der Waals surface area contributed by atoms with Crippen LogP contribution < -0.4 is 15.0 Å². The molecule has 2 heterocycles. The highest BCUT2D eigenvalue weighted by molar-refractivity contribution is 6.13. The van der Waals surface area contributed by atoms with Crippen molar-refractivity contribution >= 4 is 23.2 Å². The van der Waals surface area contributed by atoms with Gasteiger partial charge in [-0.2, -0.15) is 10.4 Å². The first-order valence-corrected chi connectivity index (χ1v) is 11.5. The first-order chi connectivity index (χ1) is 17.2. The van der Waals surface area contributed by atoms with Crippen LogP contribution in [0.4, 0.5) is 20.2 Å². The predicted octanol–water partition coefficient (Wildman–Crippen LogP) is 4.58. The number of nitrogens with one attached hydrogen (secondary N) is 1. The van der Waals surface area contributed by atoms with Gasteiger partial charge in [-0.25, -0.2) is 8.78 Å². The molecule has 0 bridgehead atoms. The van der Waals surface area contributed by atoms with Gasteiger partial charge in [0, 0.05) is 24.1 Å². The number of aromatic nitrogens is 2. The van der Waals surface area contributed by atoms with Crippen molar-refractivity contribution < 1.29 is 23.1 Å². The van der Waals surface area contributed by atoms with Crippen LogP contribution in [0.1, 0.15) is 57.7 Å². The minimum absolute atomic E-state index is 0.155. The summed E-state index contributed by atoms with van der Waals surface area (Å²) >= 11 is 0. The summed E-state index contributed by atoms with van der Waals surface area (Å²) < 4.78 is 33.2. The molecule has 1 N–H and O–H groups in total. The number of hydrogen-bond acceptors (Lipinski definition) is 5. The average molecular weight is 491 g/mol. The minimum Gasteiger partial charge on any atom is -0.495 e. The van der Waals surface area contributed by atoms with Gasteiger partial charge in [0.15, 0.2) is 0 Å². The Morgan fingerprint density at radius 1 is 1.22 bits per heavy atom. The Morgan fingerprint density at radius 2 is 1.94 bits per heavy atom. The van der Waals surface area contributed by atoms with E-state index in [1.54, 1.807) is 33.8 Å². The maximum absolute atomic E-state index is 13.5. The van der Waals surface area contributed by atoms with Gasteiger partial charge in [-0.15, -0.1) is 0 Å². The lowest BCUT2D eigenvalue weighted by molar-refractivity contribution is -0.0867. The van der Waals surface area contributed by atoms with E-state index in [0.717, 1.165) is 5.56 Å². The van der Waals surface area contributed by atoms with Crippen molar-refractivity contribution in [2.45, 2.75) is 44.2 Å². The van der Waals surface area contributed by atoms with Crippen molar-refractivity contribution in [2.75, 3.05) is 17.3 Å². The van der Waals surface area contributed by atoms with Gasteiger partial charge in [-0.3, -0.25) is 14.3 Å². The number of nitriles is 1. The van der Waals surface area contributed by atoms with E-state index in [9.17, 15) is 23.6 Å². The van der Waals surface area contributed by atoms with E-state index in [-0.39, 0.29) is 53.2 Å². The van der Waals surface area contributed by atoms with Crippen molar-refractivity contribution in [3.8, 4) is 11.8 Å². The molecule has 2 aliphatic rings. The molecule has 36 heavy (non-hydrogen) atoms. The molecule has 8 nitrogen and oxygen atoms in total. The lowest BCUT2D eigenvalue weighted by Crippen LogP contribution is -2.47. The number of benzene rings is 2. The van der Waals surface area contributed by atoms with Crippen LogP contribution in [0.25, 0.3) is 0 Å². The Hall–Kier alpha value is -4.26. The van der Waals surface area contributed by atoms with Crippen molar-refractivity contribution in [1.29, 1.82) is 5.26 Å². The van der Waals surface area contributed by atoms with Crippen LogP contribution in [0.3, 0.4) is 0 Å². The maximum Gasteiger partial charge on any atom is 0.279 e. The van der Waals surface area contributed by atoms with Crippen LogP contribution in [0, 0.1) is 11.3 Å². The van der Waals surface area contributed by atoms with Gasteiger partial charge in [-0.05, 0) is 48.7 Å². The highest BCUT2D eigenvalue weighted by Gasteiger charge is 2.45. The summed E-state index contributed by atoms with van der Waals surface area (Å²) in [6.07, 6.45) is 1.12. The van der Waals surface area contributed by atoms with Crippen molar-refractivity contribution in [3.05, 3.63) is 71.0 Å². The van der Waals surface area contributed by atoms with Crippen molar-refractivity contribution in [1.82, 2.24) is 9.78 Å². The molecule has 0 saturated heterocycles. The number of halogens is 2. The molecule has 3 aromatic rings. The van der Waals surface area contributed by atoms with Crippen LogP contribution in [0.15, 0.2) is 48.7 Å². The van der Waals surface area contributed by atoms with E-state index in [4.69, 9.17) is 4.74 Å². The number of fused-ring (bicyclic) bond motifs is 1. The number of alkyl halides is 2. The maximum atomic E-state index is 13.5. The molecule has 0 spiro atoms. The third-order valence-electron chi connectivity index (χ3n) is 6.70. The average Bonchev–Trinajstić information content (AvgIpc) is 3.24. The molecule has 2 aromatic carbocycles. The zero-order valence-corrected chi connectivity index (χ0v) is 19.7. The van der Waals surface area contributed by atoms with Gasteiger partial charge in [0.1, 0.15) is 17.5 Å². The third kappa shape index (κ3) is 4.06. The third-order valence-corrected chi connectivity index (χ3v) is 6.70. The molecule has 1 atom stereocenters. The molecule has 5 rings (SSSR count). The van der Waals surface area contributed by atoms with E-state index < -0.39 is 11.8 Å². The monoisotopic (exact) mass is 491 g/mol. The number of ether oxygens (including phenoxy) is 1. The van der Waals surface area contributed by atoms with Crippen LogP contribution in [-0.4, -0.2) is 40.7 Å². The van der Waals surface area contributed by atoms with Gasteiger partial charge in [-0.1, -0.05) is 12.1 Å². The molecule has 10 heteroatoms. The van der Waals surface area contributed by atoms with Gasteiger partial charge in [0.25, 0.3) is 11.8 Å². The van der Waals surface area contributed by atoms with Crippen LogP contribution in [-0.2, 0) is 6.54 Å². The van der Waals surface area contributed by atoms with Crippen molar-refractivity contribution in [2.24, 2.45) is 0 Å². The number of nitrogens with zero attached hydrogens (tertiary/aromatic N) is 4. The molecule has 1 fully saturated rings.